The summed E-state index contributed by atoms with van der Waals surface area (Å²) in [5.41, 5.74) is 4.85. The highest BCUT2D eigenvalue weighted by atomic mass is 16.1. The van der Waals surface area contributed by atoms with Gasteiger partial charge in [-0.1, -0.05) is 52.4 Å². The molecule has 0 saturated heterocycles. The minimum Gasteiger partial charge on any atom is -0.368 e. The Morgan fingerprint density at radius 2 is 1.59 bits per heavy atom. The SMILES string of the molecule is CCCCCCCCCNC(C)(CC)C(N)=O. The molecule has 0 heterocycles. The Morgan fingerprint density at radius 3 is 2.06 bits per heavy atom. The van der Waals surface area contributed by atoms with Gasteiger partial charge in [-0.2, -0.15) is 0 Å². The minimum atomic E-state index is -0.526. The molecule has 0 aromatic rings. The van der Waals surface area contributed by atoms with Gasteiger partial charge in [-0.25, -0.2) is 0 Å². The van der Waals surface area contributed by atoms with Gasteiger partial charge in [-0.3, -0.25) is 4.79 Å². The molecule has 0 fully saturated rings. The molecule has 0 aliphatic rings. The quantitative estimate of drug-likeness (QED) is 0.547. The van der Waals surface area contributed by atoms with Gasteiger partial charge < -0.3 is 11.1 Å². The average Bonchev–Trinajstić information content (AvgIpc) is 2.32. The van der Waals surface area contributed by atoms with Crippen LogP contribution in [-0.2, 0) is 4.79 Å². The summed E-state index contributed by atoms with van der Waals surface area (Å²) >= 11 is 0. The van der Waals surface area contributed by atoms with Crippen molar-refractivity contribution in [3.8, 4) is 0 Å². The van der Waals surface area contributed by atoms with Crippen LogP contribution in [0.25, 0.3) is 0 Å². The lowest BCUT2D eigenvalue weighted by molar-refractivity contribution is -0.123. The molecule has 3 N–H and O–H groups in total. The van der Waals surface area contributed by atoms with E-state index in [0.717, 1.165) is 19.4 Å². The largest absolute Gasteiger partial charge is 0.368 e. The molecule has 0 aromatic carbocycles. The molecule has 0 saturated carbocycles. The van der Waals surface area contributed by atoms with Gasteiger partial charge in [0.2, 0.25) is 5.91 Å². The minimum absolute atomic E-state index is 0.247. The van der Waals surface area contributed by atoms with E-state index in [0.29, 0.717) is 0 Å². The highest BCUT2D eigenvalue weighted by molar-refractivity contribution is 5.84. The van der Waals surface area contributed by atoms with Crippen LogP contribution in [0.3, 0.4) is 0 Å². The van der Waals surface area contributed by atoms with Crippen LogP contribution in [0, 0.1) is 0 Å². The van der Waals surface area contributed by atoms with Gasteiger partial charge in [-0.15, -0.1) is 0 Å². The van der Waals surface area contributed by atoms with Crippen molar-refractivity contribution in [3.05, 3.63) is 0 Å². The number of carbonyl (C=O) groups is 1. The lowest BCUT2D eigenvalue weighted by Gasteiger charge is -2.25. The van der Waals surface area contributed by atoms with E-state index in [1.807, 2.05) is 13.8 Å². The van der Waals surface area contributed by atoms with E-state index in [9.17, 15) is 4.79 Å². The fraction of sp³-hybridized carbons (Fsp3) is 0.929. The fourth-order valence-corrected chi connectivity index (χ4v) is 1.83. The summed E-state index contributed by atoms with van der Waals surface area (Å²) in [5.74, 6) is -0.247. The van der Waals surface area contributed by atoms with Crippen LogP contribution >= 0.6 is 0 Å². The Bertz CT molecular complexity index is 206. The fourth-order valence-electron chi connectivity index (χ4n) is 1.83. The number of unbranched alkanes of at least 4 members (excludes halogenated alkanes) is 6. The molecule has 1 atom stereocenters. The first-order valence-corrected chi connectivity index (χ1v) is 7.11. The summed E-state index contributed by atoms with van der Waals surface area (Å²) in [6, 6.07) is 0. The molecule has 1 amide bonds. The van der Waals surface area contributed by atoms with Crippen molar-refractivity contribution in [2.45, 2.75) is 77.7 Å². The lowest BCUT2D eigenvalue weighted by atomic mass is 9.98. The molecule has 0 radical (unpaired) electrons. The van der Waals surface area contributed by atoms with Crippen LogP contribution in [-0.4, -0.2) is 18.0 Å². The van der Waals surface area contributed by atoms with Crippen molar-refractivity contribution >= 4 is 5.91 Å². The van der Waals surface area contributed by atoms with Gasteiger partial charge in [0.25, 0.3) is 0 Å². The van der Waals surface area contributed by atoms with Crippen molar-refractivity contribution in [1.82, 2.24) is 5.32 Å². The van der Waals surface area contributed by atoms with Crippen LogP contribution in [0.15, 0.2) is 0 Å². The number of amides is 1. The van der Waals surface area contributed by atoms with Gasteiger partial charge in [-0.05, 0) is 26.3 Å². The molecule has 3 heteroatoms. The summed E-state index contributed by atoms with van der Waals surface area (Å²) < 4.78 is 0. The molecular weight excluding hydrogens is 212 g/mol. The number of nitrogens with one attached hydrogen (secondary N) is 1. The number of rotatable bonds is 11. The van der Waals surface area contributed by atoms with E-state index in [2.05, 4.69) is 12.2 Å². The molecule has 0 aliphatic heterocycles. The molecular formula is C14H30N2O. The zero-order valence-electron chi connectivity index (χ0n) is 11.8. The van der Waals surface area contributed by atoms with E-state index < -0.39 is 5.54 Å². The van der Waals surface area contributed by atoms with Crippen molar-refractivity contribution in [1.29, 1.82) is 0 Å². The maximum atomic E-state index is 11.3. The molecule has 17 heavy (non-hydrogen) atoms. The second kappa shape index (κ2) is 9.46. The van der Waals surface area contributed by atoms with Crippen LogP contribution in [0.2, 0.25) is 0 Å². The molecule has 1 unspecified atom stereocenters. The van der Waals surface area contributed by atoms with E-state index in [-0.39, 0.29) is 5.91 Å². The molecule has 0 spiro atoms. The Labute approximate surface area is 107 Å². The van der Waals surface area contributed by atoms with Gasteiger partial charge >= 0.3 is 0 Å². The maximum Gasteiger partial charge on any atom is 0.237 e. The third-order valence-corrected chi connectivity index (χ3v) is 3.55. The molecule has 0 aliphatic carbocycles. The number of nitrogens with two attached hydrogens (primary N) is 1. The predicted octanol–water partition coefficient (Wildman–Crippen LogP) is 2.98. The second-order valence-corrected chi connectivity index (χ2v) is 5.10. The Morgan fingerprint density at radius 1 is 1.06 bits per heavy atom. The van der Waals surface area contributed by atoms with Crippen LogP contribution in [0.5, 0.6) is 0 Å². The third kappa shape index (κ3) is 7.37. The molecule has 3 nitrogen and oxygen atoms in total. The summed E-state index contributed by atoms with van der Waals surface area (Å²) in [4.78, 5) is 11.3. The normalized spacial score (nSPS) is 14.5. The van der Waals surface area contributed by atoms with Crippen molar-refractivity contribution in [3.63, 3.8) is 0 Å². The number of primary amides is 1. The number of hydrogen-bond donors (Lipinski definition) is 2. The molecule has 102 valence electrons. The summed E-state index contributed by atoms with van der Waals surface area (Å²) in [6.45, 7) is 7.00. The molecule has 0 aromatic heterocycles. The van der Waals surface area contributed by atoms with Gasteiger partial charge in [0, 0.05) is 0 Å². The highest BCUT2D eigenvalue weighted by Crippen LogP contribution is 2.10. The average molecular weight is 242 g/mol. The van der Waals surface area contributed by atoms with Crippen LogP contribution in [0.4, 0.5) is 0 Å². The predicted molar refractivity (Wildman–Crippen MR) is 73.9 cm³/mol. The third-order valence-electron chi connectivity index (χ3n) is 3.55. The van der Waals surface area contributed by atoms with Crippen molar-refractivity contribution < 1.29 is 4.79 Å². The summed E-state index contributed by atoms with van der Waals surface area (Å²) in [6.07, 6.45) is 9.79. The van der Waals surface area contributed by atoms with Crippen LogP contribution in [0.1, 0.15) is 72.1 Å². The molecule has 0 bridgehead atoms. The lowest BCUT2D eigenvalue weighted by Crippen LogP contribution is -2.52. The Kier molecular flexibility index (Phi) is 9.14. The van der Waals surface area contributed by atoms with E-state index in [1.54, 1.807) is 0 Å². The summed E-state index contributed by atoms with van der Waals surface area (Å²) in [7, 11) is 0. The van der Waals surface area contributed by atoms with Gasteiger partial charge in [0.1, 0.15) is 0 Å². The van der Waals surface area contributed by atoms with E-state index in [1.165, 1.54) is 38.5 Å². The van der Waals surface area contributed by atoms with E-state index >= 15 is 0 Å². The number of hydrogen-bond acceptors (Lipinski definition) is 2. The monoisotopic (exact) mass is 242 g/mol. The highest BCUT2D eigenvalue weighted by Gasteiger charge is 2.27. The standard InChI is InChI=1S/C14H30N2O/c1-4-6-7-8-9-10-11-12-16-14(3,5-2)13(15)17/h16H,4-12H2,1-3H3,(H2,15,17). The number of carbonyl (C=O) groups excluding carboxylic acids is 1. The summed E-state index contributed by atoms with van der Waals surface area (Å²) in [5, 5.41) is 3.27. The van der Waals surface area contributed by atoms with Crippen LogP contribution < -0.4 is 11.1 Å². The maximum absolute atomic E-state index is 11.3. The van der Waals surface area contributed by atoms with Gasteiger partial charge in [0.05, 0.1) is 5.54 Å². The zero-order valence-corrected chi connectivity index (χ0v) is 11.8. The van der Waals surface area contributed by atoms with Crippen molar-refractivity contribution in [2.24, 2.45) is 5.73 Å². The van der Waals surface area contributed by atoms with E-state index in [4.69, 9.17) is 5.73 Å². The molecule has 0 rings (SSSR count). The van der Waals surface area contributed by atoms with Crippen molar-refractivity contribution in [2.75, 3.05) is 6.54 Å². The topological polar surface area (TPSA) is 55.1 Å². The smallest absolute Gasteiger partial charge is 0.237 e. The van der Waals surface area contributed by atoms with Gasteiger partial charge in [0.15, 0.2) is 0 Å². The first kappa shape index (κ1) is 16.4. The zero-order chi connectivity index (χ0) is 13.1. The first-order valence-electron chi connectivity index (χ1n) is 7.11. The Hall–Kier alpha value is -0.570. The first-order chi connectivity index (χ1) is 8.06. The second-order valence-electron chi connectivity index (χ2n) is 5.10. The Balaban J connectivity index is 3.47.